The predicted molar refractivity (Wildman–Crippen MR) is 125 cm³/mol. The predicted octanol–water partition coefficient (Wildman–Crippen LogP) is 6.21. The zero-order valence-corrected chi connectivity index (χ0v) is 19.5. The van der Waals surface area contributed by atoms with Crippen LogP contribution in [0.15, 0.2) is 61.2 Å². The Kier molecular flexibility index (Phi) is 6.12. The summed E-state index contributed by atoms with van der Waals surface area (Å²) in [5.74, 6) is 0. The van der Waals surface area contributed by atoms with Gasteiger partial charge in [0.2, 0.25) is 0 Å². The largest absolute Gasteiger partial charge is 0.264 e. The molecule has 0 atom stereocenters. The Labute approximate surface area is 182 Å². The lowest BCUT2D eigenvalue weighted by Crippen LogP contribution is -2.24. The van der Waals surface area contributed by atoms with Crippen molar-refractivity contribution < 1.29 is 0 Å². The van der Waals surface area contributed by atoms with Gasteiger partial charge in [0.05, 0.1) is 0 Å². The highest BCUT2D eigenvalue weighted by molar-refractivity contribution is 5.31. The van der Waals surface area contributed by atoms with Crippen molar-refractivity contribution in [1.29, 1.82) is 0 Å². The molecule has 3 nitrogen and oxygen atoms in total. The number of aromatic nitrogens is 3. The third kappa shape index (κ3) is 5.33. The molecule has 0 aromatic carbocycles. The lowest BCUT2D eigenvalue weighted by atomic mass is 9.77. The van der Waals surface area contributed by atoms with E-state index in [9.17, 15) is 0 Å². The molecule has 0 unspecified atom stereocenters. The maximum atomic E-state index is 4.68. The average Bonchev–Trinajstić information content (AvgIpc) is 2.68. The molecule has 0 amide bonds. The normalized spacial score (nSPS) is 12.8. The summed E-state index contributed by atoms with van der Waals surface area (Å²) in [5.41, 5.74) is 6.11. The molecule has 0 aliphatic rings. The van der Waals surface area contributed by atoms with E-state index >= 15 is 0 Å². The lowest BCUT2D eigenvalue weighted by Gasteiger charge is -2.28. The van der Waals surface area contributed by atoms with Crippen LogP contribution in [0.1, 0.15) is 76.5 Å². The van der Waals surface area contributed by atoms with Gasteiger partial charge in [-0.3, -0.25) is 15.0 Å². The number of hydrogen-bond donors (Lipinski definition) is 0. The average molecular weight is 402 g/mol. The molecule has 3 heteroatoms. The van der Waals surface area contributed by atoms with Gasteiger partial charge in [-0.2, -0.15) is 0 Å². The van der Waals surface area contributed by atoms with Crippen molar-refractivity contribution in [3.05, 3.63) is 89.3 Å². The quantitative estimate of drug-likeness (QED) is 0.493. The molecular formula is C27H35N3. The zero-order valence-electron chi connectivity index (χ0n) is 19.5. The molecule has 0 spiro atoms. The third-order valence-electron chi connectivity index (χ3n) is 5.89. The fraction of sp³-hybridized carbons (Fsp3) is 0.444. The standard InChI is InChI=1S/C27H35N3/c1-25(2,3)22-14-20(18-28-19-22)16-26(4,5)21-11-13-29-23(15-21)17-27(6,7)24-10-8-9-12-30-24/h8-15,18-19H,16-17H2,1-7H3. The highest BCUT2D eigenvalue weighted by Gasteiger charge is 2.26. The van der Waals surface area contributed by atoms with Crippen LogP contribution in [-0.4, -0.2) is 15.0 Å². The summed E-state index contributed by atoms with van der Waals surface area (Å²) < 4.78 is 0. The Morgan fingerprint density at radius 3 is 2.13 bits per heavy atom. The summed E-state index contributed by atoms with van der Waals surface area (Å²) in [6.07, 6.45) is 9.60. The fourth-order valence-corrected chi connectivity index (χ4v) is 3.91. The summed E-state index contributed by atoms with van der Waals surface area (Å²) in [4.78, 5) is 13.8. The molecule has 0 saturated carbocycles. The number of nitrogens with zero attached hydrogens (tertiary/aromatic N) is 3. The van der Waals surface area contributed by atoms with Crippen LogP contribution in [0.25, 0.3) is 0 Å². The second kappa shape index (κ2) is 8.29. The van der Waals surface area contributed by atoms with Gasteiger partial charge in [0, 0.05) is 48.0 Å². The van der Waals surface area contributed by atoms with Gasteiger partial charge >= 0.3 is 0 Å². The molecule has 3 heterocycles. The summed E-state index contributed by atoms with van der Waals surface area (Å²) in [6.45, 7) is 15.8. The summed E-state index contributed by atoms with van der Waals surface area (Å²) >= 11 is 0. The highest BCUT2D eigenvalue weighted by atomic mass is 14.7. The van der Waals surface area contributed by atoms with E-state index in [0.717, 1.165) is 24.2 Å². The summed E-state index contributed by atoms with van der Waals surface area (Å²) in [6, 6.07) is 12.8. The van der Waals surface area contributed by atoms with Gasteiger partial charge in [-0.05, 0) is 58.2 Å². The molecule has 158 valence electrons. The Morgan fingerprint density at radius 1 is 0.700 bits per heavy atom. The first-order chi connectivity index (χ1) is 14.0. The van der Waals surface area contributed by atoms with Crippen molar-refractivity contribution in [2.75, 3.05) is 0 Å². The molecule has 3 aromatic rings. The number of rotatable bonds is 6. The van der Waals surface area contributed by atoms with E-state index in [1.807, 2.05) is 30.9 Å². The van der Waals surface area contributed by atoms with Crippen LogP contribution in [0.4, 0.5) is 0 Å². The molecule has 0 saturated heterocycles. The first-order valence-corrected chi connectivity index (χ1v) is 10.8. The van der Waals surface area contributed by atoms with Gasteiger partial charge in [0.25, 0.3) is 0 Å². The van der Waals surface area contributed by atoms with Crippen LogP contribution in [0.5, 0.6) is 0 Å². The van der Waals surface area contributed by atoms with Crippen LogP contribution in [0.3, 0.4) is 0 Å². The van der Waals surface area contributed by atoms with Crippen molar-refractivity contribution in [3.63, 3.8) is 0 Å². The van der Waals surface area contributed by atoms with Crippen LogP contribution in [0.2, 0.25) is 0 Å². The Balaban J connectivity index is 1.82. The Morgan fingerprint density at radius 2 is 1.47 bits per heavy atom. The van der Waals surface area contributed by atoms with Gasteiger partial charge in [0.1, 0.15) is 0 Å². The van der Waals surface area contributed by atoms with E-state index in [0.29, 0.717) is 0 Å². The minimum absolute atomic E-state index is 0.00891. The minimum atomic E-state index is -0.0675. The van der Waals surface area contributed by atoms with Gasteiger partial charge in [-0.15, -0.1) is 0 Å². The molecule has 0 N–H and O–H groups in total. The Bertz CT molecular complexity index is 982. The second-order valence-corrected chi connectivity index (χ2v) is 10.7. The van der Waals surface area contributed by atoms with Crippen molar-refractivity contribution in [2.45, 2.75) is 77.6 Å². The lowest BCUT2D eigenvalue weighted by molar-refractivity contribution is 0.492. The molecule has 0 aliphatic carbocycles. The van der Waals surface area contributed by atoms with Crippen LogP contribution in [-0.2, 0) is 29.1 Å². The van der Waals surface area contributed by atoms with Gasteiger partial charge in [0.15, 0.2) is 0 Å². The van der Waals surface area contributed by atoms with E-state index in [2.05, 4.69) is 93.7 Å². The molecule has 0 fully saturated rings. The van der Waals surface area contributed by atoms with Crippen molar-refractivity contribution >= 4 is 0 Å². The molecule has 3 aromatic heterocycles. The highest BCUT2D eigenvalue weighted by Crippen LogP contribution is 2.31. The van der Waals surface area contributed by atoms with Crippen molar-refractivity contribution in [1.82, 2.24) is 15.0 Å². The molecule has 3 rings (SSSR count). The smallest absolute Gasteiger partial charge is 0.0463 e. The maximum absolute atomic E-state index is 4.68. The molecule has 0 radical (unpaired) electrons. The van der Waals surface area contributed by atoms with Gasteiger partial charge < -0.3 is 0 Å². The molecule has 0 aliphatic heterocycles. The fourth-order valence-electron chi connectivity index (χ4n) is 3.91. The maximum Gasteiger partial charge on any atom is 0.0463 e. The molecule has 0 bridgehead atoms. The molecule has 30 heavy (non-hydrogen) atoms. The monoisotopic (exact) mass is 401 g/mol. The first kappa shape index (κ1) is 22.1. The van der Waals surface area contributed by atoms with E-state index in [1.54, 1.807) is 0 Å². The third-order valence-corrected chi connectivity index (χ3v) is 5.89. The van der Waals surface area contributed by atoms with Crippen LogP contribution in [0, 0.1) is 0 Å². The minimum Gasteiger partial charge on any atom is -0.264 e. The van der Waals surface area contributed by atoms with E-state index in [1.165, 1.54) is 16.7 Å². The van der Waals surface area contributed by atoms with E-state index in [4.69, 9.17) is 0 Å². The first-order valence-electron chi connectivity index (χ1n) is 10.8. The summed E-state index contributed by atoms with van der Waals surface area (Å²) in [7, 11) is 0. The topological polar surface area (TPSA) is 38.7 Å². The number of hydrogen-bond acceptors (Lipinski definition) is 3. The van der Waals surface area contributed by atoms with E-state index < -0.39 is 0 Å². The van der Waals surface area contributed by atoms with Gasteiger partial charge in [-0.25, -0.2) is 0 Å². The Hall–Kier alpha value is -2.55. The van der Waals surface area contributed by atoms with Gasteiger partial charge in [-0.1, -0.05) is 60.6 Å². The second-order valence-electron chi connectivity index (χ2n) is 10.7. The van der Waals surface area contributed by atoms with Crippen molar-refractivity contribution in [2.24, 2.45) is 0 Å². The number of pyridine rings is 3. The van der Waals surface area contributed by atoms with Crippen LogP contribution >= 0.6 is 0 Å². The van der Waals surface area contributed by atoms with Crippen LogP contribution < -0.4 is 0 Å². The molecular weight excluding hydrogens is 366 g/mol. The van der Waals surface area contributed by atoms with Crippen molar-refractivity contribution in [3.8, 4) is 0 Å². The van der Waals surface area contributed by atoms with E-state index in [-0.39, 0.29) is 16.2 Å². The zero-order chi connectivity index (χ0) is 22.0. The summed E-state index contributed by atoms with van der Waals surface area (Å²) in [5, 5.41) is 0. The SMILES string of the molecule is CC(C)(C)c1cncc(CC(C)(C)c2ccnc(CC(C)(C)c3ccccn3)c2)c1.